The average Bonchev–Trinajstić information content (AvgIpc) is 2.72. The number of nitrogens with two attached hydrogens (primary N) is 1. The minimum absolute atomic E-state index is 0.0177. The third kappa shape index (κ3) is 3.78. The van der Waals surface area contributed by atoms with Crippen LogP contribution in [0.1, 0.15) is 37.4 Å². The lowest BCUT2D eigenvalue weighted by molar-refractivity contribution is 0.0980. The lowest BCUT2D eigenvalue weighted by Gasteiger charge is -2.23. The molecule has 0 bridgehead atoms. The van der Waals surface area contributed by atoms with Crippen molar-refractivity contribution in [3.05, 3.63) is 76.3 Å². The average molecular weight is 488 g/mol. The number of carbonyl (C=O) groups excluding carboxylic acids is 2. The summed E-state index contributed by atoms with van der Waals surface area (Å²) in [5.74, 6) is -1.34. The number of fused-ring (bicyclic) bond motifs is 2. The largest absolute Gasteiger partial charge is 0.397 e. The zero-order valence-electron chi connectivity index (χ0n) is 16.9. The summed E-state index contributed by atoms with van der Waals surface area (Å²) in [5, 5.41) is 2.71. The highest BCUT2D eigenvalue weighted by Gasteiger charge is 2.36. The van der Waals surface area contributed by atoms with Crippen molar-refractivity contribution in [1.82, 2.24) is 0 Å². The van der Waals surface area contributed by atoms with E-state index in [4.69, 9.17) is 5.73 Å². The molecule has 33 heavy (non-hydrogen) atoms. The number of nitrogen functional groups attached to an aromatic ring is 1. The predicted molar refractivity (Wildman–Crippen MR) is 118 cm³/mol. The molecule has 0 aliphatic heterocycles. The summed E-state index contributed by atoms with van der Waals surface area (Å²) in [6.07, 6.45) is 0. The third-order valence-electron chi connectivity index (χ3n) is 5.22. The Morgan fingerprint density at radius 1 is 0.788 bits per heavy atom. The molecular weight excluding hydrogens is 472 g/mol. The maximum Gasteiger partial charge on any atom is 0.296 e. The number of hydrogen-bond acceptors (Lipinski definition) is 8. The van der Waals surface area contributed by atoms with Gasteiger partial charge in [0.15, 0.2) is 11.6 Å². The van der Waals surface area contributed by atoms with Gasteiger partial charge in [0.05, 0.1) is 27.4 Å². The predicted octanol–water partition coefficient (Wildman–Crippen LogP) is 2.59. The Kier molecular flexibility index (Phi) is 5.13. The number of anilines is 3. The molecule has 1 aliphatic rings. The minimum atomic E-state index is -4.90. The maximum atomic E-state index is 13.3. The summed E-state index contributed by atoms with van der Waals surface area (Å²) in [5.41, 5.74) is 4.86. The van der Waals surface area contributed by atoms with Crippen LogP contribution >= 0.6 is 0 Å². The molecule has 0 fully saturated rings. The van der Waals surface area contributed by atoms with Crippen LogP contribution in [0.4, 0.5) is 17.1 Å². The normalized spacial score (nSPS) is 13.4. The van der Waals surface area contributed by atoms with Crippen LogP contribution in [0.25, 0.3) is 0 Å². The molecule has 0 amide bonds. The summed E-state index contributed by atoms with van der Waals surface area (Å²) < 4.78 is 66.3. The topological polar surface area (TPSA) is 181 Å². The molecule has 10 nitrogen and oxygen atoms in total. The van der Waals surface area contributed by atoms with Gasteiger partial charge in [-0.15, -0.1) is 0 Å². The Bertz CT molecular complexity index is 1590. The first-order valence-corrected chi connectivity index (χ1v) is 12.2. The molecule has 3 aromatic carbocycles. The molecule has 12 heteroatoms. The Morgan fingerprint density at radius 2 is 1.33 bits per heavy atom. The van der Waals surface area contributed by atoms with E-state index >= 15 is 0 Å². The van der Waals surface area contributed by atoms with E-state index in [0.29, 0.717) is 0 Å². The molecule has 3 aromatic rings. The first-order valence-electron chi connectivity index (χ1n) is 9.28. The Hall–Kier alpha value is -3.58. The number of hydrogen-bond donors (Lipinski definition) is 4. The van der Waals surface area contributed by atoms with E-state index < -0.39 is 52.8 Å². The van der Waals surface area contributed by atoms with Gasteiger partial charge in [-0.25, -0.2) is 0 Å². The number of nitrogens with one attached hydrogen (secondary N) is 1. The lowest BCUT2D eigenvalue weighted by Crippen LogP contribution is -2.25. The van der Waals surface area contributed by atoms with Crippen LogP contribution in [0.5, 0.6) is 0 Å². The quantitative estimate of drug-likeness (QED) is 0.246. The minimum Gasteiger partial charge on any atom is -0.397 e. The van der Waals surface area contributed by atoms with E-state index in [1.807, 2.05) is 0 Å². The standard InChI is InChI=1S/C21H16N2O8S2/c1-10-6-7-11(8-15(10)32(26,27)28)23-14-9-16(33(29,30)31)19(22)18-17(14)20(24)12-4-2-3-5-13(12)21(18)25/h2-9,23H,22H2,1H3,(H,26,27,28)(H,29,30,31). The number of aryl methyl sites for hydroxylation is 1. The summed E-state index contributed by atoms with van der Waals surface area (Å²) in [7, 11) is -9.48. The maximum absolute atomic E-state index is 13.3. The summed E-state index contributed by atoms with van der Waals surface area (Å²) >= 11 is 0. The van der Waals surface area contributed by atoms with Crippen molar-refractivity contribution in [3.63, 3.8) is 0 Å². The SMILES string of the molecule is Cc1ccc(Nc2cc(S(=O)(=O)O)c(N)c3c2C(=O)c2ccccc2C3=O)cc1S(=O)(=O)O. The van der Waals surface area contributed by atoms with Gasteiger partial charge in [-0.05, 0) is 30.7 Å². The number of rotatable bonds is 4. The third-order valence-corrected chi connectivity index (χ3v) is 7.11. The second-order valence-corrected chi connectivity index (χ2v) is 10.1. The van der Waals surface area contributed by atoms with Gasteiger partial charge < -0.3 is 11.1 Å². The van der Waals surface area contributed by atoms with Crippen molar-refractivity contribution in [2.45, 2.75) is 16.7 Å². The van der Waals surface area contributed by atoms with Crippen LogP contribution in [0.15, 0.2) is 58.3 Å². The molecule has 4 rings (SSSR count). The number of carbonyl (C=O) groups is 2. The Balaban J connectivity index is 2.01. The van der Waals surface area contributed by atoms with E-state index in [2.05, 4.69) is 5.32 Å². The van der Waals surface area contributed by atoms with Crippen molar-refractivity contribution in [2.24, 2.45) is 0 Å². The highest BCUT2D eigenvalue weighted by atomic mass is 32.2. The molecule has 0 saturated carbocycles. The molecule has 5 N–H and O–H groups in total. The van der Waals surface area contributed by atoms with Crippen LogP contribution in [-0.2, 0) is 20.2 Å². The fourth-order valence-corrected chi connectivity index (χ4v) is 5.11. The summed E-state index contributed by atoms with van der Waals surface area (Å²) in [4.78, 5) is 25.2. The fourth-order valence-electron chi connectivity index (χ4n) is 3.72. The van der Waals surface area contributed by atoms with E-state index in [0.717, 1.165) is 12.1 Å². The molecule has 0 spiro atoms. The highest BCUT2D eigenvalue weighted by Crippen LogP contribution is 2.40. The molecule has 0 heterocycles. The van der Waals surface area contributed by atoms with Crippen LogP contribution in [0.2, 0.25) is 0 Å². The first kappa shape index (κ1) is 22.6. The molecule has 1 aliphatic carbocycles. The molecule has 0 atom stereocenters. The van der Waals surface area contributed by atoms with Gasteiger partial charge in [0, 0.05) is 16.8 Å². The Labute approximate surface area is 188 Å². The fraction of sp³-hybridized carbons (Fsp3) is 0.0476. The highest BCUT2D eigenvalue weighted by molar-refractivity contribution is 7.86. The van der Waals surface area contributed by atoms with Crippen molar-refractivity contribution in [3.8, 4) is 0 Å². The van der Waals surface area contributed by atoms with Crippen molar-refractivity contribution < 1.29 is 35.5 Å². The zero-order valence-corrected chi connectivity index (χ0v) is 18.5. The molecule has 0 unspecified atom stereocenters. The van der Waals surface area contributed by atoms with Gasteiger partial charge in [0.2, 0.25) is 0 Å². The zero-order chi connectivity index (χ0) is 24.3. The molecular formula is C21H16N2O8S2. The van der Waals surface area contributed by atoms with Crippen LogP contribution in [0.3, 0.4) is 0 Å². The number of benzene rings is 3. The van der Waals surface area contributed by atoms with Gasteiger partial charge >= 0.3 is 0 Å². The van der Waals surface area contributed by atoms with Crippen LogP contribution in [-0.4, -0.2) is 37.5 Å². The van der Waals surface area contributed by atoms with E-state index in [-0.39, 0.29) is 33.6 Å². The van der Waals surface area contributed by atoms with Gasteiger partial charge in [-0.3, -0.25) is 18.7 Å². The van der Waals surface area contributed by atoms with E-state index in [1.54, 1.807) is 6.07 Å². The first-order chi connectivity index (χ1) is 15.3. The van der Waals surface area contributed by atoms with Gasteiger partial charge in [0.1, 0.15) is 4.90 Å². The summed E-state index contributed by atoms with van der Waals surface area (Å²) in [6.45, 7) is 1.45. The second-order valence-electron chi connectivity index (χ2n) is 7.35. The molecule has 0 saturated heterocycles. The van der Waals surface area contributed by atoms with Crippen molar-refractivity contribution in [1.29, 1.82) is 0 Å². The second kappa shape index (κ2) is 7.49. The van der Waals surface area contributed by atoms with Gasteiger partial charge in [-0.1, -0.05) is 30.3 Å². The summed E-state index contributed by atoms with van der Waals surface area (Å²) in [6, 6.07) is 10.7. The van der Waals surface area contributed by atoms with Crippen LogP contribution < -0.4 is 11.1 Å². The monoisotopic (exact) mass is 488 g/mol. The van der Waals surface area contributed by atoms with Gasteiger partial charge in [-0.2, -0.15) is 16.8 Å². The Morgan fingerprint density at radius 3 is 1.88 bits per heavy atom. The van der Waals surface area contributed by atoms with Crippen molar-refractivity contribution in [2.75, 3.05) is 11.1 Å². The van der Waals surface area contributed by atoms with E-state index in [9.17, 15) is 35.5 Å². The molecule has 0 radical (unpaired) electrons. The smallest absolute Gasteiger partial charge is 0.296 e. The van der Waals surface area contributed by atoms with Crippen LogP contribution in [0, 0.1) is 6.92 Å². The lowest BCUT2D eigenvalue weighted by atomic mass is 9.82. The van der Waals surface area contributed by atoms with Crippen molar-refractivity contribution >= 4 is 48.9 Å². The van der Waals surface area contributed by atoms with E-state index in [1.165, 1.54) is 37.3 Å². The molecule has 170 valence electrons. The number of ketones is 2. The molecule has 0 aromatic heterocycles. The van der Waals surface area contributed by atoms with Gasteiger partial charge in [0.25, 0.3) is 20.2 Å².